The molecule has 1 atom stereocenters. The molecule has 24 heavy (non-hydrogen) atoms. The molecule has 5 heteroatoms. The first-order valence-corrected chi connectivity index (χ1v) is 9.99. The van der Waals surface area contributed by atoms with Crippen molar-refractivity contribution in [2.45, 2.75) is 51.7 Å². The molecule has 1 aliphatic rings. The van der Waals surface area contributed by atoms with Crippen LogP contribution in [0.25, 0.3) is 0 Å². The topological polar surface area (TPSA) is 23.6 Å². The summed E-state index contributed by atoms with van der Waals surface area (Å²) in [5, 5.41) is 0. The molecule has 0 heterocycles. The minimum absolute atomic E-state index is 0.109. The Morgan fingerprint density at radius 1 is 1.38 bits per heavy atom. The minimum atomic E-state index is -0.228. The second-order valence-electron chi connectivity index (χ2n) is 6.59. The zero-order chi connectivity index (χ0) is 17.5. The summed E-state index contributed by atoms with van der Waals surface area (Å²) in [4.78, 5) is 16.7. The van der Waals surface area contributed by atoms with Gasteiger partial charge >= 0.3 is 0 Å². The van der Waals surface area contributed by atoms with Crippen LogP contribution in [0.2, 0.25) is 0 Å². The third-order valence-corrected chi connectivity index (χ3v) is 5.56. The van der Waals surface area contributed by atoms with Crippen LogP contribution in [0.1, 0.15) is 38.7 Å². The van der Waals surface area contributed by atoms with Crippen molar-refractivity contribution in [3.8, 4) is 0 Å². The van der Waals surface area contributed by atoms with Gasteiger partial charge in [-0.15, -0.1) is 0 Å². The van der Waals surface area contributed by atoms with Crippen molar-refractivity contribution in [1.29, 1.82) is 0 Å². The second-order valence-corrected chi connectivity index (χ2v) is 7.99. The van der Waals surface area contributed by atoms with E-state index in [0.29, 0.717) is 24.7 Å². The summed E-state index contributed by atoms with van der Waals surface area (Å²) >= 11 is 1.93. The van der Waals surface area contributed by atoms with Gasteiger partial charge in [0.05, 0.1) is 6.54 Å². The Hall–Kier alpha value is -1.07. The number of benzene rings is 1. The number of halogens is 1. The largest absolute Gasteiger partial charge is 0.334 e. The molecule has 0 saturated heterocycles. The summed E-state index contributed by atoms with van der Waals surface area (Å²) in [6.45, 7) is 5.12. The van der Waals surface area contributed by atoms with Gasteiger partial charge in [-0.05, 0) is 50.8 Å². The van der Waals surface area contributed by atoms with Crippen molar-refractivity contribution in [3.63, 3.8) is 0 Å². The Balaban J connectivity index is 1.91. The third kappa shape index (κ3) is 5.78. The van der Waals surface area contributed by atoms with E-state index >= 15 is 0 Å². The molecule has 1 fully saturated rings. The van der Waals surface area contributed by atoms with Crippen molar-refractivity contribution >= 4 is 17.7 Å². The fraction of sp³-hybridized carbons (Fsp3) is 0.632. The molecule has 0 N–H and O–H groups in total. The zero-order valence-corrected chi connectivity index (χ0v) is 15.8. The van der Waals surface area contributed by atoms with Crippen LogP contribution in [-0.4, -0.2) is 52.9 Å². The molecular formula is C19H29FN2OS. The highest BCUT2D eigenvalue weighted by atomic mass is 32.2. The second kappa shape index (κ2) is 9.42. The van der Waals surface area contributed by atoms with E-state index in [9.17, 15) is 9.18 Å². The number of carbonyl (C=O) groups excluding carboxylic acids is 1. The first-order chi connectivity index (χ1) is 11.5. The number of thioether (sulfide) groups is 1. The maximum absolute atomic E-state index is 13.9. The molecule has 1 aromatic rings. The maximum atomic E-state index is 13.9. The molecule has 0 spiro atoms. The molecule has 1 saturated carbocycles. The average molecular weight is 353 g/mol. The van der Waals surface area contributed by atoms with Gasteiger partial charge in [-0.25, -0.2) is 4.39 Å². The molecule has 1 aliphatic carbocycles. The first kappa shape index (κ1) is 19.3. The maximum Gasteiger partial charge on any atom is 0.237 e. The normalized spacial score (nSPS) is 15.5. The van der Waals surface area contributed by atoms with Gasteiger partial charge in [-0.3, -0.25) is 9.69 Å². The predicted octanol–water partition coefficient (Wildman–Crippen LogP) is 3.78. The average Bonchev–Trinajstić information content (AvgIpc) is 3.38. The summed E-state index contributed by atoms with van der Waals surface area (Å²) in [7, 11) is 2.01. The molecule has 134 valence electrons. The number of amides is 1. The molecule has 0 aliphatic heterocycles. The van der Waals surface area contributed by atoms with Crippen LogP contribution in [0.15, 0.2) is 24.3 Å². The highest BCUT2D eigenvalue weighted by Gasteiger charge is 2.33. The quantitative estimate of drug-likeness (QED) is 0.599. The Labute approximate surface area is 149 Å². The molecule has 0 aromatic heterocycles. The minimum Gasteiger partial charge on any atom is -0.334 e. The molecule has 2 rings (SSSR count). The number of nitrogens with zero attached hydrogens (tertiary/aromatic N) is 2. The van der Waals surface area contributed by atoms with E-state index < -0.39 is 0 Å². The van der Waals surface area contributed by atoms with E-state index in [1.165, 1.54) is 6.07 Å². The van der Waals surface area contributed by atoms with Crippen molar-refractivity contribution in [3.05, 3.63) is 35.6 Å². The zero-order valence-electron chi connectivity index (χ0n) is 15.0. The summed E-state index contributed by atoms with van der Waals surface area (Å²) < 4.78 is 13.9. The summed E-state index contributed by atoms with van der Waals surface area (Å²) in [6, 6.07) is 7.41. The third-order valence-electron chi connectivity index (χ3n) is 4.63. The molecule has 1 aromatic carbocycles. The van der Waals surface area contributed by atoms with Crippen LogP contribution >= 0.6 is 11.8 Å². The predicted molar refractivity (Wildman–Crippen MR) is 99.7 cm³/mol. The van der Waals surface area contributed by atoms with Gasteiger partial charge in [-0.2, -0.15) is 11.8 Å². The van der Waals surface area contributed by atoms with Gasteiger partial charge in [0.1, 0.15) is 5.82 Å². The van der Waals surface area contributed by atoms with Crippen LogP contribution in [-0.2, 0) is 11.3 Å². The monoisotopic (exact) mass is 352 g/mol. The first-order valence-electron chi connectivity index (χ1n) is 8.83. The number of likely N-dealkylation sites (N-methyl/N-ethyl adjacent to an activating group) is 1. The van der Waals surface area contributed by atoms with E-state index in [4.69, 9.17) is 0 Å². The van der Waals surface area contributed by atoms with Gasteiger partial charge < -0.3 is 4.90 Å². The molecule has 1 amide bonds. The smallest absolute Gasteiger partial charge is 0.237 e. The van der Waals surface area contributed by atoms with Gasteiger partial charge in [0.2, 0.25) is 5.91 Å². The molecule has 0 radical (unpaired) electrons. The van der Waals surface area contributed by atoms with Gasteiger partial charge in [-0.1, -0.05) is 25.1 Å². The number of carbonyl (C=O) groups is 1. The van der Waals surface area contributed by atoms with Crippen LogP contribution < -0.4 is 0 Å². The number of hydrogen-bond acceptors (Lipinski definition) is 3. The van der Waals surface area contributed by atoms with E-state index in [-0.39, 0.29) is 17.8 Å². The van der Waals surface area contributed by atoms with Gasteiger partial charge in [0.15, 0.2) is 0 Å². The summed E-state index contributed by atoms with van der Waals surface area (Å²) in [5.74, 6) is 2.14. The van der Waals surface area contributed by atoms with E-state index in [2.05, 4.69) is 18.7 Å². The van der Waals surface area contributed by atoms with Crippen molar-refractivity contribution in [1.82, 2.24) is 9.80 Å². The van der Waals surface area contributed by atoms with Crippen LogP contribution in [0.4, 0.5) is 4.39 Å². The highest BCUT2D eigenvalue weighted by Crippen LogP contribution is 2.29. The summed E-state index contributed by atoms with van der Waals surface area (Å²) in [6.07, 6.45) is 3.15. The Kier molecular flexibility index (Phi) is 7.56. The van der Waals surface area contributed by atoms with E-state index in [1.54, 1.807) is 12.1 Å². The Morgan fingerprint density at radius 3 is 2.71 bits per heavy atom. The van der Waals surface area contributed by atoms with Crippen LogP contribution in [0.3, 0.4) is 0 Å². The Bertz CT molecular complexity index is 536. The van der Waals surface area contributed by atoms with E-state index in [0.717, 1.165) is 30.8 Å². The lowest BCUT2D eigenvalue weighted by Gasteiger charge is -2.29. The molecule has 0 unspecified atom stereocenters. The van der Waals surface area contributed by atoms with Crippen molar-refractivity contribution in [2.75, 3.05) is 25.1 Å². The standard InChI is InChI=1S/C19H29FN2OS/c1-4-24-12-11-15(2)21(3)14-19(23)22(17-9-10-17)13-16-7-5-6-8-18(16)20/h5-8,15,17H,4,9-14H2,1-3H3/t15-/m0/s1. The van der Waals surface area contributed by atoms with Gasteiger partial charge in [0, 0.05) is 24.2 Å². The Morgan fingerprint density at radius 2 is 2.08 bits per heavy atom. The molecular weight excluding hydrogens is 323 g/mol. The molecule has 3 nitrogen and oxygen atoms in total. The molecule has 0 bridgehead atoms. The van der Waals surface area contributed by atoms with Crippen LogP contribution in [0, 0.1) is 5.82 Å². The van der Waals surface area contributed by atoms with Gasteiger partial charge in [0.25, 0.3) is 0 Å². The number of rotatable bonds is 10. The lowest BCUT2D eigenvalue weighted by atomic mass is 10.2. The number of hydrogen-bond donors (Lipinski definition) is 0. The van der Waals surface area contributed by atoms with Crippen molar-refractivity contribution < 1.29 is 9.18 Å². The summed E-state index contributed by atoms with van der Waals surface area (Å²) in [5.41, 5.74) is 0.604. The SMILES string of the molecule is CCSCC[C@H](C)N(C)CC(=O)N(Cc1ccccc1F)C1CC1. The van der Waals surface area contributed by atoms with Crippen molar-refractivity contribution in [2.24, 2.45) is 0 Å². The fourth-order valence-corrected chi connectivity index (χ4v) is 3.49. The van der Waals surface area contributed by atoms with Crippen LogP contribution in [0.5, 0.6) is 0 Å². The fourth-order valence-electron chi connectivity index (χ4n) is 2.70. The van der Waals surface area contributed by atoms with E-state index in [1.807, 2.05) is 29.8 Å². The lowest BCUT2D eigenvalue weighted by Crippen LogP contribution is -2.42. The highest BCUT2D eigenvalue weighted by molar-refractivity contribution is 7.99. The lowest BCUT2D eigenvalue weighted by molar-refractivity contribution is -0.133.